The molecule has 11 nitrogen and oxygen atoms in total. The third-order valence-corrected chi connectivity index (χ3v) is 12.5. The van der Waals surface area contributed by atoms with Crippen molar-refractivity contribution in [2.24, 2.45) is 0 Å². The van der Waals surface area contributed by atoms with Crippen molar-refractivity contribution in [3.63, 3.8) is 0 Å². The van der Waals surface area contributed by atoms with Gasteiger partial charge in [0.15, 0.2) is 6.29 Å². The van der Waals surface area contributed by atoms with Gasteiger partial charge in [-0.05, 0) is 96.3 Å². The average molecular weight is 972 g/mol. The number of esters is 1. The van der Waals surface area contributed by atoms with Crippen LogP contribution in [0.1, 0.15) is 219 Å². The molecule has 69 heavy (non-hydrogen) atoms. The molecule has 1 saturated heterocycles. The highest BCUT2D eigenvalue weighted by Gasteiger charge is 2.44. The van der Waals surface area contributed by atoms with E-state index in [1.165, 1.54) is 109 Å². The van der Waals surface area contributed by atoms with E-state index in [0.717, 1.165) is 70.6 Å². The summed E-state index contributed by atoms with van der Waals surface area (Å²) >= 11 is 0. The van der Waals surface area contributed by atoms with E-state index in [1.807, 2.05) is 18.2 Å². The predicted octanol–water partition coefficient (Wildman–Crippen LogP) is 12.1. The monoisotopic (exact) mass is 972 g/mol. The van der Waals surface area contributed by atoms with Gasteiger partial charge in [-0.1, -0.05) is 183 Å². The number of rotatable bonds is 46. The second kappa shape index (κ2) is 47.4. The van der Waals surface area contributed by atoms with Crippen molar-refractivity contribution in [3.8, 4) is 0 Å². The van der Waals surface area contributed by atoms with Gasteiger partial charge < -0.3 is 45.1 Å². The zero-order valence-electron chi connectivity index (χ0n) is 43.5. The fraction of sp³-hybridized carbons (Fsp3) is 0.759. The smallest absolute Gasteiger partial charge is 0.305 e. The zero-order chi connectivity index (χ0) is 50.3. The van der Waals surface area contributed by atoms with Crippen LogP contribution in [-0.2, 0) is 23.8 Å². The third kappa shape index (κ3) is 37.5. The molecule has 1 heterocycles. The molecular weight excluding hydrogens is 871 g/mol. The zero-order valence-corrected chi connectivity index (χ0v) is 43.5. The Bertz CT molecular complexity index is 1380. The van der Waals surface area contributed by atoms with Gasteiger partial charge in [-0.15, -0.1) is 0 Å². The first kappa shape index (κ1) is 64.1. The van der Waals surface area contributed by atoms with E-state index in [1.54, 1.807) is 6.08 Å². The van der Waals surface area contributed by atoms with Crippen LogP contribution in [0, 0.1) is 0 Å². The van der Waals surface area contributed by atoms with Gasteiger partial charge in [-0.2, -0.15) is 0 Å². The molecule has 398 valence electrons. The number of carbonyl (C=O) groups is 2. The largest absolute Gasteiger partial charge is 0.466 e. The lowest BCUT2D eigenvalue weighted by atomic mass is 9.99. The fourth-order valence-corrected chi connectivity index (χ4v) is 8.06. The highest BCUT2D eigenvalue weighted by Crippen LogP contribution is 2.22. The molecule has 0 saturated carbocycles. The van der Waals surface area contributed by atoms with Crippen LogP contribution >= 0.6 is 0 Å². The van der Waals surface area contributed by atoms with Gasteiger partial charge >= 0.3 is 5.97 Å². The molecule has 1 aliphatic heterocycles. The van der Waals surface area contributed by atoms with Gasteiger partial charge in [-0.25, -0.2) is 0 Å². The van der Waals surface area contributed by atoms with E-state index in [4.69, 9.17) is 14.2 Å². The van der Waals surface area contributed by atoms with Gasteiger partial charge in [0.05, 0.1) is 32.0 Å². The lowest BCUT2D eigenvalue weighted by Gasteiger charge is -2.40. The lowest BCUT2D eigenvalue weighted by Crippen LogP contribution is -2.60. The molecule has 1 amide bonds. The molecular formula is C58H101NO10. The molecule has 0 aromatic heterocycles. The molecule has 0 radical (unpaired) electrons. The van der Waals surface area contributed by atoms with Crippen LogP contribution in [0.3, 0.4) is 0 Å². The second-order valence-corrected chi connectivity index (χ2v) is 18.9. The van der Waals surface area contributed by atoms with Gasteiger partial charge in [0.1, 0.15) is 24.4 Å². The Balaban J connectivity index is 2.12. The van der Waals surface area contributed by atoms with Gasteiger partial charge in [0.25, 0.3) is 0 Å². The number of allylic oxidation sites excluding steroid dienone is 11. The van der Waals surface area contributed by atoms with Crippen LogP contribution in [0.4, 0.5) is 0 Å². The van der Waals surface area contributed by atoms with Crippen molar-refractivity contribution in [2.45, 2.75) is 262 Å². The van der Waals surface area contributed by atoms with Gasteiger partial charge in [0.2, 0.25) is 5.91 Å². The van der Waals surface area contributed by atoms with Crippen LogP contribution in [-0.4, -0.2) is 100 Å². The molecule has 1 aliphatic rings. The maximum absolute atomic E-state index is 12.9. The van der Waals surface area contributed by atoms with Crippen molar-refractivity contribution >= 4 is 11.9 Å². The Hall–Kier alpha value is -2.90. The van der Waals surface area contributed by atoms with Crippen LogP contribution in [0.15, 0.2) is 72.9 Å². The predicted molar refractivity (Wildman–Crippen MR) is 283 cm³/mol. The maximum atomic E-state index is 12.9. The highest BCUT2D eigenvalue weighted by molar-refractivity contribution is 5.76. The summed E-state index contributed by atoms with van der Waals surface area (Å²) in [5, 5.41) is 54.0. The molecule has 6 N–H and O–H groups in total. The van der Waals surface area contributed by atoms with E-state index in [2.05, 4.69) is 67.8 Å². The summed E-state index contributed by atoms with van der Waals surface area (Å²) in [5.41, 5.74) is 0. The maximum Gasteiger partial charge on any atom is 0.305 e. The topological polar surface area (TPSA) is 175 Å². The Morgan fingerprint density at radius 2 is 1.00 bits per heavy atom. The Labute approximate surface area is 420 Å². The Kier molecular flexibility index (Phi) is 44.1. The van der Waals surface area contributed by atoms with Gasteiger partial charge in [-0.3, -0.25) is 9.59 Å². The summed E-state index contributed by atoms with van der Waals surface area (Å²) in [5.74, 6) is -0.323. The molecule has 1 rings (SSSR count). The minimum absolute atomic E-state index is 0.0457. The normalized spacial score (nSPS) is 19.9. The number of aliphatic hydroxyl groups excluding tert-OH is 5. The first-order chi connectivity index (χ1) is 33.7. The van der Waals surface area contributed by atoms with Crippen molar-refractivity contribution in [1.82, 2.24) is 5.32 Å². The average Bonchev–Trinajstić information content (AvgIpc) is 3.34. The molecule has 0 aromatic rings. The molecule has 1 fully saturated rings. The van der Waals surface area contributed by atoms with Crippen LogP contribution in [0.5, 0.6) is 0 Å². The highest BCUT2D eigenvalue weighted by atomic mass is 16.7. The van der Waals surface area contributed by atoms with Crippen LogP contribution < -0.4 is 5.32 Å². The summed E-state index contributed by atoms with van der Waals surface area (Å²) < 4.78 is 16.6. The molecule has 0 aliphatic carbocycles. The molecule has 7 atom stereocenters. The van der Waals surface area contributed by atoms with Crippen LogP contribution in [0.2, 0.25) is 0 Å². The third-order valence-electron chi connectivity index (χ3n) is 12.5. The van der Waals surface area contributed by atoms with E-state index < -0.39 is 49.5 Å². The first-order valence-corrected chi connectivity index (χ1v) is 27.7. The number of carbonyl (C=O) groups excluding carboxylic acids is 2. The number of hydrogen-bond acceptors (Lipinski definition) is 10. The van der Waals surface area contributed by atoms with E-state index >= 15 is 0 Å². The molecule has 0 bridgehead atoms. The number of hydrogen-bond donors (Lipinski definition) is 6. The van der Waals surface area contributed by atoms with Crippen molar-refractivity contribution in [1.29, 1.82) is 0 Å². The van der Waals surface area contributed by atoms with Crippen molar-refractivity contribution in [3.05, 3.63) is 72.9 Å². The molecule has 0 aromatic carbocycles. The van der Waals surface area contributed by atoms with E-state index in [-0.39, 0.29) is 24.9 Å². The Morgan fingerprint density at radius 1 is 0.536 bits per heavy atom. The number of aliphatic hydroxyl groups is 5. The summed E-state index contributed by atoms with van der Waals surface area (Å²) in [4.78, 5) is 25.0. The summed E-state index contributed by atoms with van der Waals surface area (Å²) in [6.45, 7) is 4.13. The Morgan fingerprint density at radius 3 is 1.55 bits per heavy atom. The standard InChI is InChI=1S/C58H101NO10/c1-3-5-7-9-11-13-14-15-16-17-18-19-20-23-26-30-34-38-42-46-54(63)67-47-43-39-35-31-27-24-21-22-25-29-33-37-41-45-53(62)59-50(51(61)44-40-36-32-28-12-10-8-6-4-2)49-68-58-57(66)56(65)55(64)52(48-60)69-58/h11-13,15-16,22,25,28,33,37,40,44,50-52,55-58,60-61,64-66H,3-10,14,17-21,23-24,26-27,29-32,34-36,38-39,41-43,45-49H2,1-2H3,(H,59,62)/b13-11-,16-15-,25-22-,28-12+,37-33-,44-40+. The fourth-order valence-electron chi connectivity index (χ4n) is 8.06. The summed E-state index contributed by atoms with van der Waals surface area (Å²) in [6.07, 6.45) is 51.6. The number of unbranched alkanes of at least 4 members (excludes halogenated alkanes) is 22. The summed E-state index contributed by atoms with van der Waals surface area (Å²) in [6, 6.07) is -0.872. The number of nitrogens with one attached hydrogen (secondary N) is 1. The quantitative estimate of drug-likeness (QED) is 0.0196. The lowest BCUT2D eigenvalue weighted by molar-refractivity contribution is -0.302. The number of ether oxygens (including phenoxy) is 3. The van der Waals surface area contributed by atoms with Crippen LogP contribution in [0.25, 0.3) is 0 Å². The molecule has 0 spiro atoms. The van der Waals surface area contributed by atoms with Crippen molar-refractivity contribution in [2.75, 3.05) is 19.8 Å². The van der Waals surface area contributed by atoms with E-state index in [0.29, 0.717) is 25.9 Å². The second-order valence-electron chi connectivity index (χ2n) is 18.9. The SMILES string of the molecule is CCCCC/C=C\C/C=C\CCCCCCCCCCCC(=O)OCCCCCCCC/C=C\C/C=C\CCC(=O)NC(COC1OC(CO)C(O)C(O)C1O)C(O)/C=C/CC/C=C/CCCCC. The minimum Gasteiger partial charge on any atom is -0.466 e. The van der Waals surface area contributed by atoms with Crippen molar-refractivity contribution < 1.29 is 49.3 Å². The van der Waals surface area contributed by atoms with E-state index in [9.17, 15) is 35.1 Å². The summed E-state index contributed by atoms with van der Waals surface area (Å²) in [7, 11) is 0. The first-order valence-electron chi connectivity index (χ1n) is 27.7. The molecule has 11 heteroatoms. The molecule has 7 unspecified atom stereocenters. The number of amides is 1. The van der Waals surface area contributed by atoms with Gasteiger partial charge in [0, 0.05) is 12.8 Å². The minimum atomic E-state index is -1.59.